The van der Waals surface area contributed by atoms with E-state index in [0.717, 1.165) is 12.2 Å². The first-order valence-corrected chi connectivity index (χ1v) is 7.35. The molecule has 0 aliphatic heterocycles. The van der Waals surface area contributed by atoms with Gasteiger partial charge in [0.05, 0.1) is 5.69 Å². The van der Waals surface area contributed by atoms with Gasteiger partial charge < -0.3 is 11.1 Å². The predicted octanol–water partition coefficient (Wildman–Crippen LogP) is 3.73. The summed E-state index contributed by atoms with van der Waals surface area (Å²) in [7, 11) is 0. The first-order chi connectivity index (χ1) is 8.94. The molecule has 0 fully saturated rings. The second-order valence-electron chi connectivity index (χ2n) is 5.77. The molecule has 0 amide bonds. The van der Waals surface area contributed by atoms with Gasteiger partial charge in [-0.15, -0.1) is 0 Å². The molecule has 1 rings (SSSR count). The largest absolute Gasteiger partial charge is 0.388 e. The number of unbranched alkanes of at least 4 members (excludes halogenated alkanes) is 2. The minimum Gasteiger partial charge on any atom is -0.388 e. The molecule has 4 heteroatoms. The molecule has 1 heterocycles. The van der Waals surface area contributed by atoms with Crippen LogP contribution in [0.2, 0.25) is 0 Å². The fourth-order valence-corrected chi connectivity index (χ4v) is 2.07. The van der Waals surface area contributed by atoms with Gasteiger partial charge in [0.25, 0.3) is 0 Å². The average molecular weight is 279 g/mol. The molecular weight excluding hydrogens is 254 g/mol. The van der Waals surface area contributed by atoms with Crippen LogP contribution in [0.4, 0.5) is 5.69 Å². The molecule has 3 N–H and O–H groups in total. The number of aromatic nitrogens is 1. The quantitative estimate of drug-likeness (QED) is 0.562. The van der Waals surface area contributed by atoms with Crippen LogP contribution in [0.15, 0.2) is 18.3 Å². The summed E-state index contributed by atoms with van der Waals surface area (Å²) in [6.07, 6.45) is 6.84. The number of nitrogens with zero attached hydrogens (tertiary/aromatic N) is 1. The summed E-state index contributed by atoms with van der Waals surface area (Å²) in [4.78, 5) is 4.48. The van der Waals surface area contributed by atoms with E-state index in [0.29, 0.717) is 16.1 Å². The van der Waals surface area contributed by atoms with Crippen LogP contribution in [0.3, 0.4) is 0 Å². The lowest BCUT2D eigenvalue weighted by molar-refractivity contribution is 0.342. The van der Waals surface area contributed by atoms with E-state index in [4.69, 9.17) is 18.0 Å². The van der Waals surface area contributed by atoms with E-state index < -0.39 is 0 Å². The van der Waals surface area contributed by atoms with E-state index in [2.05, 4.69) is 31.1 Å². The number of nitrogens with two attached hydrogens (primary N) is 1. The van der Waals surface area contributed by atoms with Gasteiger partial charge in [-0.1, -0.05) is 52.3 Å². The minimum atomic E-state index is 0.293. The summed E-state index contributed by atoms with van der Waals surface area (Å²) in [5.41, 5.74) is 7.58. The van der Waals surface area contributed by atoms with E-state index in [1.165, 1.54) is 25.7 Å². The highest BCUT2D eigenvalue weighted by Gasteiger charge is 2.16. The van der Waals surface area contributed by atoms with Crippen molar-refractivity contribution in [2.24, 2.45) is 11.1 Å². The lowest BCUT2D eigenvalue weighted by atomic mass is 9.87. The Labute approximate surface area is 122 Å². The van der Waals surface area contributed by atoms with Gasteiger partial charge in [0, 0.05) is 18.4 Å². The Morgan fingerprint density at radius 3 is 2.79 bits per heavy atom. The van der Waals surface area contributed by atoms with Crippen molar-refractivity contribution in [3.05, 3.63) is 24.0 Å². The molecule has 0 radical (unpaired) electrons. The van der Waals surface area contributed by atoms with Crippen molar-refractivity contribution in [2.45, 2.75) is 46.5 Å². The van der Waals surface area contributed by atoms with E-state index in [-0.39, 0.29) is 0 Å². The smallest absolute Gasteiger partial charge is 0.122 e. The zero-order valence-corrected chi connectivity index (χ0v) is 13.0. The first kappa shape index (κ1) is 15.9. The molecule has 0 atom stereocenters. The Bertz CT molecular complexity index is 416. The maximum atomic E-state index is 5.59. The summed E-state index contributed by atoms with van der Waals surface area (Å²) in [5.74, 6) is 0. The van der Waals surface area contributed by atoms with Gasteiger partial charge in [0.1, 0.15) is 4.99 Å². The van der Waals surface area contributed by atoms with Gasteiger partial charge in [0.2, 0.25) is 0 Å². The summed E-state index contributed by atoms with van der Waals surface area (Å²) in [5, 5.41) is 3.45. The molecule has 0 spiro atoms. The highest BCUT2D eigenvalue weighted by molar-refractivity contribution is 7.80. The van der Waals surface area contributed by atoms with Crippen molar-refractivity contribution >= 4 is 22.9 Å². The second kappa shape index (κ2) is 7.43. The normalized spacial score (nSPS) is 11.3. The number of thiocarbonyl (C=S) groups is 1. The van der Waals surface area contributed by atoms with Crippen LogP contribution in [0.5, 0.6) is 0 Å². The Hall–Kier alpha value is -1.16. The maximum Gasteiger partial charge on any atom is 0.122 e. The lowest BCUT2D eigenvalue weighted by Gasteiger charge is -2.25. The first-order valence-electron chi connectivity index (χ1n) is 6.94. The van der Waals surface area contributed by atoms with Crippen LogP contribution in [0, 0.1) is 5.41 Å². The highest BCUT2D eigenvalue weighted by atomic mass is 32.1. The maximum absolute atomic E-state index is 5.59. The van der Waals surface area contributed by atoms with Gasteiger partial charge in [-0.05, 0) is 24.0 Å². The van der Waals surface area contributed by atoms with E-state index in [1.807, 2.05) is 12.1 Å². The van der Waals surface area contributed by atoms with E-state index >= 15 is 0 Å². The average Bonchev–Trinajstić information content (AvgIpc) is 2.37. The Morgan fingerprint density at radius 1 is 1.42 bits per heavy atom. The number of rotatable bonds is 8. The van der Waals surface area contributed by atoms with Crippen molar-refractivity contribution in [1.82, 2.24) is 4.98 Å². The third kappa shape index (κ3) is 6.01. The molecule has 0 aromatic carbocycles. The number of pyridine rings is 1. The van der Waals surface area contributed by atoms with Crippen molar-refractivity contribution in [3.8, 4) is 0 Å². The number of hydrogen-bond acceptors (Lipinski definition) is 3. The number of nitrogens with one attached hydrogen (secondary N) is 1. The summed E-state index contributed by atoms with van der Waals surface area (Å²) in [6, 6.07) is 3.86. The molecule has 19 heavy (non-hydrogen) atoms. The highest BCUT2D eigenvalue weighted by Crippen LogP contribution is 2.24. The molecule has 0 aliphatic rings. The number of anilines is 1. The second-order valence-corrected chi connectivity index (χ2v) is 6.21. The standard InChI is InChI=1S/C15H25N3S/c1-4-5-6-8-15(2,3)11-18-12-7-9-17-13(10-12)14(16)19/h7,9-10H,4-6,8,11H2,1-3H3,(H2,16,19)(H,17,18). The Kier molecular flexibility index (Phi) is 6.22. The van der Waals surface area contributed by atoms with Gasteiger partial charge in [-0.2, -0.15) is 0 Å². The van der Waals surface area contributed by atoms with Crippen molar-refractivity contribution in [1.29, 1.82) is 0 Å². The van der Waals surface area contributed by atoms with Crippen LogP contribution in [0.1, 0.15) is 52.1 Å². The lowest BCUT2D eigenvalue weighted by Crippen LogP contribution is -2.23. The zero-order valence-electron chi connectivity index (χ0n) is 12.2. The van der Waals surface area contributed by atoms with Crippen LogP contribution >= 0.6 is 12.2 Å². The molecule has 0 saturated carbocycles. The Morgan fingerprint density at radius 2 is 2.16 bits per heavy atom. The van der Waals surface area contributed by atoms with E-state index in [9.17, 15) is 0 Å². The summed E-state index contributed by atoms with van der Waals surface area (Å²) >= 11 is 4.94. The number of hydrogen-bond donors (Lipinski definition) is 2. The molecule has 106 valence electrons. The third-order valence-electron chi connectivity index (χ3n) is 3.24. The van der Waals surface area contributed by atoms with Crippen molar-refractivity contribution in [2.75, 3.05) is 11.9 Å². The fraction of sp³-hybridized carbons (Fsp3) is 0.600. The summed E-state index contributed by atoms with van der Waals surface area (Å²) < 4.78 is 0. The minimum absolute atomic E-state index is 0.293. The molecule has 0 aliphatic carbocycles. The van der Waals surface area contributed by atoms with Crippen molar-refractivity contribution in [3.63, 3.8) is 0 Å². The predicted molar refractivity (Wildman–Crippen MR) is 86.5 cm³/mol. The molecule has 1 aromatic heterocycles. The van der Waals surface area contributed by atoms with Crippen LogP contribution in [-0.2, 0) is 0 Å². The molecule has 1 aromatic rings. The van der Waals surface area contributed by atoms with Gasteiger partial charge >= 0.3 is 0 Å². The molecular formula is C15H25N3S. The van der Waals surface area contributed by atoms with Crippen LogP contribution in [0.25, 0.3) is 0 Å². The van der Waals surface area contributed by atoms with Crippen LogP contribution in [-0.4, -0.2) is 16.5 Å². The van der Waals surface area contributed by atoms with Gasteiger partial charge in [-0.25, -0.2) is 0 Å². The van der Waals surface area contributed by atoms with Crippen molar-refractivity contribution < 1.29 is 0 Å². The van der Waals surface area contributed by atoms with Crippen LogP contribution < -0.4 is 11.1 Å². The molecule has 0 unspecified atom stereocenters. The molecule has 3 nitrogen and oxygen atoms in total. The third-order valence-corrected chi connectivity index (χ3v) is 3.45. The Balaban J connectivity index is 2.51. The van der Waals surface area contributed by atoms with E-state index in [1.54, 1.807) is 6.20 Å². The monoisotopic (exact) mass is 279 g/mol. The summed E-state index contributed by atoms with van der Waals surface area (Å²) in [6.45, 7) is 7.77. The fourth-order valence-electron chi connectivity index (χ4n) is 1.96. The van der Waals surface area contributed by atoms with Gasteiger partial charge in [0.15, 0.2) is 0 Å². The molecule has 0 bridgehead atoms. The molecule has 0 saturated heterocycles. The van der Waals surface area contributed by atoms with Gasteiger partial charge in [-0.3, -0.25) is 4.98 Å². The zero-order chi connectivity index (χ0) is 14.3. The topological polar surface area (TPSA) is 50.9 Å². The SMILES string of the molecule is CCCCCC(C)(C)CNc1ccnc(C(N)=S)c1.